The maximum atomic E-state index is 12.6. The molecule has 0 heterocycles. The molecule has 0 spiro atoms. The molecule has 1 saturated carbocycles. The summed E-state index contributed by atoms with van der Waals surface area (Å²) in [6, 6.07) is -0.331. The first kappa shape index (κ1) is 14.3. The zero-order valence-corrected chi connectivity index (χ0v) is 10.5. The minimum Gasteiger partial charge on any atom is -0.353 e. The standard InChI is InChI=1S/C12H20F3NO/c1-11(2,3)10(17)16-9-6-4-5-8(7-9)12(13,14)15/h8-9H,4-7H2,1-3H3,(H,16,17)/t8-,9+/m0/s1. The van der Waals surface area contributed by atoms with Crippen molar-refractivity contribution in [2.24, 2.45) is 11.3 Å². The number of amides is 1. The summed E-state index contributed by atoms with van der Waals surface area (Å²) >= 11 is 0. The van der Waals surface area contributed by atoms with E-state index in [0.717, 1.165) is 0 Å². The number of hydrogen-bond donors (Lipinski definition) is 1. The third-order valence-corrected chi connectivity index (χ3v) is 3.15. The zero-order valence-electron chi connectivity index (χ0n) is 10.5. The van der Waals surface area contributed by atoms with Crippen molar-refractivity contribution in [2.75, 3.05) is 0 Å². The van der Waals surface area contributed by atoms with Gasteiger partial charge in [0.1, 0.15) is 0 Å². The maximum Gasteiger partial charge on any atom is 0.391 e. The van der Waals surface area contributed by atoms with Gasteiger partial charge in [-0.2, -0.15) is 13.2 Å². The van der Waals surface area contributed by atoms with E-state index in [9.17, 15) is 18.0 Å². The van der Waals surface area contributed by atoms with Gasteiger partial charge in [0.25, 0.3) is 0 Å². The molecule has 0 aromatic rings. The van der Waals surface area contributed by atoms with E-state index in [1.54, 1.807) is 20.8 Å². The van der Waals surface area contributed by atoms with E-state index >= 15 is 0 Å². The van der Waals surface area contributed by atoms with Crippen molar-refractivity contribution in [2.45, 2.75) is 58.7 Å². The number of rotatable bonds is 1. The van der Waals surface area contributed by atoms with Crippen LogP contribution >= 0.6 is 0 Å². The average molecular weight is 251 g/mol. The van der Waals surface area contributed by atoms with Crippen LogP contribution in [-0.4, -0.2) is 18.1 Å². The fourth-order valence-corrected chi connectivity index (χ4v) is 2.02. The van der Waals surface area contributed by atoms with Gasteiger partial charge in [0.05, 0.1) is 5.92 Å². The van der Waals surface area contributed by atoms with E-state index in [-0.39, 0.29) is 24.8 Å². The predicted molar refractivity (Wildman–Crippen MR) is 59.4 cm³/mol. The first-order valence-electron chi connectivity index (χ1n) is 5.98. The molecule has 100 valence electrons. The highest BCUT2D eigenvalue weighted by molar-refractivity contribution is 5.81. The second-order valence-electron chi connectivity index (χ2n) is 5.83. The molecule has 0 saturated heterocycles. The second kappa shape index (κ2) is 4.86. The number of nitrogens with one attached hydrogen (secondary N) is 1. The Morgan fingerprint density at radius 1 is 1.18 bits per heavy atom. The van der Waals surface area contributed by atoms with Gasteiger partial charge in [-0.3, -0.25) is 4.79 Å². The van der Waals surface area contributed by atoms with Gasteiger partial charge >= 0.3 is 6.18 Å². The summed E-state index contributed by atoms with van der Waals surface area (Å²) < 4.78 is 37.7. The van der Waals surface area contributed by atoms with Crippen LogP contribution in [0.25, 0.3) is 0 Å². The fourth-order valence-electron chi connectivity index (χ4n) is 2.02. The van der Waals surface area contributed by atoms with Gasteiger partial charge in [0, 0.05) is 11.5 Å². The number of halogens is 3. The Morgan fingerprint density at radius 3 is 2.24 bits per heavy atom. The predicted octanol–water partition coefficient (Wildman–Crippen LogP) is 3.27. The number of carbonyl (C=O) groups excluding carboxylic acids is 1. The van der Waals surface area contributed by atoms with Crippen molar-refractivity contribution in [3.63, 3.8) is 0 Å². The van der Waals surface area contributed by atoms with Crippen LogP contribution in [0.1, 0.15) is 46.5 Å². The molecule has 0 aromatic carbocycles. The lowest BCUT2D eigenvalue weighted by Crippen LogP contribution is -2.45. The van der Waals surface area contributed by atoms with Crippen molar-refractivity contribution in [3.8, 4) is 0 Å². The maximum absolute atomic E-state index is 12.6. The molecule has 0 bridgehead atoms. The summed E-state index contributed by atoms with van der Waals surface area (Å²) in [6.07, 6.45) is -2.75. The first-order chi connectivity index (χ1) is 7.60. The van der Waals surface area contributed by atoms with Gasteiger partial charge < -0.3 is 5.32 Å². The second-order valence-corrected chi connectivity index (χ2v) is 5.83. The highest BCUT2D eigenvalue weighted by Gasteiger charge is 2.42. The third-order valence-electron chi connectivity index (χ3n) is 3.15. The summed E-state index contributed by atoms with van der Waals surface area (Å²) in [5, 5.41) is 2.72. The van der Waals surface area contributed by atoms with E-state index < -0.39 is 17.5 Å². The quantitative estimate of drug-likeness (QED) is 0.761. The van der Waals surface area contributed by atoms with Crippen molar-refractivity contribution < 1.29 is 18.0 Å². The highest BCUT2D eigenvalue weighted by atomic mass is 19.4. The smallest absolute Gasteiger partial charge is 0.353 e. The molecule has 1 amide bonds. The normalized spacial score (nSPS) is 26.7. The summed E-state index contributed by atoms with van der Waals surface area (Å²) in [6.45, 7) is 5.27. The molecule has 1 rings (SSSR count). The lowest BCUT2D eigenvalue weighted by Gasteiger charge is -2.32. The molecule has 17 heavy (non-hydrogen) atoms. The molecule has 0 unspecified atom stereocenters. The Labute approximate surface area is 100.0 Å². The summed E-state index contributed by atoms with van der Waals surface area (Å²) in [5.74, 6) is -1.44. The molecule has 0 aliphatic heterocycles. The molecule has 2 nitrogen and oxygen atoms in total. The topological polar surface area (TPSA) is 29.1 Å². The summed E-state index contributed by atoms with van der Waals surface area (Å²) in [4.78, 5) is 11.7. The van der Waals surface area contributed by atoms with Crippen LogP contribution < -0.4 is 5.32 Å². The van der Waals surface area contributed by atoms with Crippen LogP contribution in [0.2, 0.25) is 0 Å². The Bertz CT molecular complexity index is 280. The Balaban J connectivity index is 2.54. The molecule has 1 aliphatic carbocycles. The minimum absolute atomic E-state index is 0.0192. The van der Waals surface area contributed by atoms with Gasteiger partial charge in [0.2, 0.25) is 5.91 Å². The molecule has 2 atom stereocenters. The Morgan fingerprint density at radius 2 is 1.76 bits per heavy atom. The lowest BCUT2D eigenvalue weighted by atomic mass is 9.84. The summed E-state index contributed by atoms with van der Waals surface area (Å²) in [7, 11) is 0. The highest BCUT2D eigenvalue weighted by Crippen LogP contribution is 2.37. The molecule has 1 N–H and O–H groups in total. The van der Waals surface area contributed by atoms with Gasteiger partial charge in [-0.1, -0.05) is 27.2 Å². The van der Waals surface area contributed by atoms with Crippen molar-refractivity contribution in [3.05, 3.63) is 0 Å². The van der Waals surface area contributed by atoms with E-state index in [1.165, 1.54) is 0 Å². The fraction of sp³-hybridized carbons (Fsp3) is 0.917. The summed E-state index contributed by atoms with van der Waals surface area (Å²) in [5.41, 5.74) is -0.550. The molecule has 1 aliphatic rings. The monoisotopic (exact) mass is 251 g/mol. The third kappa shape index (κ3) is 4.21. The van der Waals surface area contributed by atoms with Crippen LogP contribution in [0.4, 0.5) is 13.2 Å². The van der Waals surface area contributed by atoms with Gasteiger partial charge in [-0.25, -0.2) is 0 Å². The van der Waals surface area contributed by atoms with E-state index in [1.807, 2.05) is 0 Å². The largest absolute Gasteiger partial charge is 0.391 e. The van der Waals surface area contributed by atoms with Crippen molar-refractivity contribution >= 4 is 5.91 Å². The lowest BCUT2D eigenvalue weighted by molar-refractivity contribution is -0.184. The van der Waals surface area contributed by atoms with Crippen LogP contribution in [0.5, 0.6) is 0 Å². The Hall–Kier alpha value is -0.740. The minimum atomic E-state index is -4.13. The molecule has 5 heteroatoms. The Kier molecular flexibility index (Phi) is 4.10. The van der Waals surface area contributed by atoms with Crippen LogP contribution in [0, 0.1) is 11.3 Å². The van der Waals surface area contributed by atoms with Crippen LogP contribution in [0.15, 0.2) is 0 Å². The van der Waals surface area contributed by atoms with E-state index in [4.69, 9.17) is 0 Å². The number of carbonyl (C=O) groups is 1. The first-order valence-corrected chi connectivity index (χ1v) is 5.98. The molecule has 0 aromatic heterocycles. The zero-order chi connectivity index (χ0) is 13.3. The molecular weight excluding hydrogens is 231 g/mol. The molecule has 0 radical (unpaired) electrons. The SMILES string of the molecule is CC(C)(C)C(=O)N[C@@H]1CCC[C@H](C(F)(F)F)C1. The van der Waals surface area contributed by atoms with Gasteiger partial charge in [-0.05, 0) is 19.3 Å². The van der Waals surface area contributed by atoms with Crippen LogP contribution in [0.3, 0.4) is 0 Å². The molecular formula is C12H20F3NO. The van der Waals surface area contributed by atoms with Crippen molar-refractivity contribution in [1.82, 2.24) is 5.32 Å². The van der Waals surface area contributed by atoms with Crippen molar-refractivity contribution in [1.29, 1.82) is 0 Å². The van der Waals surface area contributed by atoms with Gasteiger partial charge in [-0.15, -0.1) is 0 Å². The van der Waals surface area contributed by atoms with E-state index in [0.29, 0.717) is 12.8 Å². The van der Waals surface area contributed by atoms with Gasteiger partial charge in [0.15, 0.2) is 0 Å². The van der Waals surface area contributed by atoms with Crippen LogP contribution in [-0.2, 0) is 4.79 Å². The molecule has 1 fully saturated rings. The average Bonchev–Trinajstić information content (AvgIpc) is 2.15. The number of hydrogen-bond acceptors (Lipinski definition) is 1. The van der Waals surface area contributed by atoms with E-state index in [2.05, 4.69) is 5.32 Å². The number of alkyl halides is 3.